The van der Waals surface area contributed by atoms with Gasteiger partial charge in [-0.1, -0.05) is 29.3 Å². The van der Waals surface area contributed by atoms with Crippen molar-refractivity contribution < 1.29 is 4.79 Å². The molecule has 1 amide bonds. The second kappa shape index (κ2) is 7.53. The summed E-state index contributed by atoms with van der Waals surface area (Å²) in [5, 5.41) is 11.4. The van der Waals surface area contributed by atoms with Crippen LogP contribution < -0.4 is 5.32 Å². The molecule has 0 saturated carbocycles. The number of nitrogens with one attached hydrogen (secondary N) is 2. The third-order valence-corrected chi connectivity index (χ3v) is 4.50. The molecule has 3 rings (SSSR count). The van der Waals surface area contributed by atoms with E-state index in [4.69, 9.17) is 23.2 Å². The van der Waals surface area contributed by atoms with Gasteiger partial charge in [-0.3, -0.25) is 9.89 Å². The first kappa shape index (κ1) is 18.1. The van der Waals surface area contributed by atoms with Crippen molar-refractivity contribution in [1.29, 1.82) is 0 Å². The van der Waals surface area contributed by atoms with Gasteiger partial charge in [0, 0.05) is 44.4 Å². The number of amides is 1. The van der Waals surface area contributed by atoms with Gasteiger partial charge in [-0.25, -0.2) is 0 Å². The lowest BCUT2D eigenvalue weighted by molar-refractivity contribution is 0.0778. The number of carbonyl (C=O) groups excluding carboxylic acids is 1. The number of H-pyrrole nitrogens is 1. The molecule has 1 aromatic heterocycles. The Morgan fingerprint density at radius 3 is 2.87 bits per heavy atom. The summed E-state index contributed by atoms with van der Waals surface area (Å²) in [6.45, 7) is 2.03. The summed E-state index contributed by atoms with van der Waals surface area (Å²) in [6.07, 6.45) is 0.867. The van der Waals surface area contributed by atoms with Gasteiger partial charge in [0.2, 0.25) is 0 Å². The Kier molecular flexibility index (Phi) is 5.92. The molecule has 0 atom stereocenters. The Morgan fingerprint density at radius 2 is 2.13 bits per heavy atom. The summed E-state index contributed by atoms with van der Waals surface area (Å²) in [7, 11) is 1.75. The first-order valence-corrected chi connectivity index (χ1v) is 7.78. The smallest absolute Gasteiger partial charge is 0.274 e. The number of nitrogens with zero attached hydrogens (tertiary/aromatic N) is 2. The van der Waals surface area contributed by atoms with Crippen LogP contribution in [0.5, 0.6) is 0 Å². The Labute approximate surface area is 150 Å². The van der Waals surface area contributed by atoms with Crippen LogP contribution >= 0.6 is 35.6 Å². The zero-order valence-corrected chi connectivity index (χ0v) is 14.9. The van der Waals surface area contributed by atoms with Crippen LogP contribution in [0.15, 0.2) is 18.2 Å². The molecule has 2 aromatic rings. The van der Waals surface area contributed by atoms with Gasteiger partial charge in [-0.05, 0) is 17.7 Å². The van der Waals surface area contributed by atoms with Gasteiger partial charge in [0.15, 0.2) is 5.69 Å². The molecule has 1 aliphatic rings. The largest absolute Gasteiger partial charge is 0.336 e. The molecular weight excluding hydrogens is 359 g/mol. The lowest BCUT2D eigenvalue weighted by Gasteiger charge is -2.18. The highest BCUT2D eigenvalue weighted by Gasteiger charge is 2.23. The zero-order chi connectivity index (χ0) is 15.7. The molecule has 8 heteroatoms. The highest BCUT2D eigenvalue weighted by molar-refractivity contribution is 6.42. The number of carbonyl (C=O) groups is 1. The fraction of sp³-hybridized carbons (Fsp3) is 0.333. The van der Waals surface area contributed by atoms with Crippen LogP contribution in [-0.2, 0) is 19.5 Å². The number of hydrogen-bond acceptors (Lipinski definition) is 3. The average Bonchev–Trinajstić information content (AvgIpc) is 2.94. The normalized spacial score (nSPS) is 13.2. The highest BCUT2D eigenvalue weighted by Crippen LogP contribution is 2.23. The zero-order valence-electron chi connectivity index (χ0n) is 12.5. The van der Waals surface area contributed by atoms with Crippen LogP contribution in [0.25, 0.3) is 0 Å². The molecule has 0 aliphatic carbocycles. The number of rotatable bonds is 3. The Bertz CT molecular complexity index is 717. The minimum atomic E-state index is -0.104. The van der Waals surface area contributed by atoms with E-state index in [0.717, 1.165) is 29.8 Å². The highest BCUT2D eigenvalue weighted by atomic mass is 35.5. The monoisotopic (exact) mass is 374 g/mol. The molecule has 0 bridgehead atoms. The summed E-state index contributed by atoms with van der Waals surface area (Å²) in [4.78, 5) is 14.2. The van der Waals surface area contributed by atoms with E-state index >= 15 is 0 Å². The number of halogens is 3. The van der Waals surface area contributed by atoms with E-state index in [1.807, 2.05) is 6.07 Å². The van der Waals surface area contributed by atoms with E-state index in [0.29, 0.717) is 28.8 Å². The van der Waals surface area contributed by atoms with Crippen LogP contribution in [0.3, 0.4) is 0 Å². The molecule has 0 spiro atoms. The number of hydrogen-bond donors (Lipinski definition) is 2. The molecular formula is C15H17Cl3N4O. The second-order valence-electron chi connectivity index (χ2n) is 5.37. The minimum absolute atomic E-state index is 0. The molecule has 23 heavy (non-hydrogen) atoms. The molecule has 0 unspecified atom stereocenters. The topological polar surface area (TPSA) is 61.0 Å². The molecule has 2 N–H and O–H groups in total. The van der Waals surface area contributed by atoms with Gasteiger partial charge in [0.05, 0.1) is 10.0 Å². The molecule has 1 aromatic carbocycles. The first-order chi connectivity index (χ1) is 10.6. The summed E-state index contributed by atoms with van der Waals surface area (Å²) in [5.41, 5.74) is 3.43. The van der Waals surface area contributed by atoms with Gasteiger partial charge in [-0.15, -0.1) is 12.4 Å². The van der Waals surface area contributed by atoms with Crippen LogP contribution in [-0.4, -0.2) is 34.6 Å². The SMILES string of the molecule is CN(Cc1ccc(Cl)c(Cl)c1)C(=O)c1n[nH]c2c1CNCC2.Cl. The molecule has 0 saturated heterocycles. The fourth-order valence-corrected chi connectivity index (χ4v) is 2.89. The van der Waals surface area contributed by atoms with E-state index in [-0.39, 0.29) is 18.3 Å². The lowest BCUT2D eigenvalue weighted by atomic mass is 10.1. The third kappa shape index (κ3) is 3.80. The Hall–Kier alpha value is -1.27. The molecule has 0 fully saturated rings. The van der Waals surface area contributed by atoms with Crippen molar-refractivity contribution in [2.24, 2.45) is 0 Å². The standard InChI is InChI=1S/C15H16Cl2N4O.ClH/c1-21(8-9-2-3-11(16)12(17)6-9)15(22)14-10-7-18-5-4-13(10)19-20-14;/h2-3,6,18H,4-5,7-8H2,1H3,(H,19,20);1H. The summed E-state index contributed by atoms with van der Waals surface area (Å²) in [5.74, 6) is -0.104. The Morgan fingerprint density at radius 1 is 1.35 bits per heavy atom. The molecule has 5 nitrogen and oxygen atoms in total. The Balaban J connectivity index is 0.00000192. The number of aromatic nitrogens is 2. The summed E-state index contributed by atoms with van der Waals surface area (Å²) in [6, 6.07) is 5.37. The molecule has 2 heterocycles. The van der Waals surface area contributed by atoms with Crippen molar-refractivity contribution in [3.63, 3.8) is 0 Å². The van der Waals surface area contributed by atoms with Crippen LogP contribution in [0.1, 0.15) is 27.3 Å². The van der Waals surface area contributed by atoms with Crippen molar-refractivity contribution in [3.8, 4) is 0 Å². The van der Waals surface area contributed by atoms with E-state index in [1.165, 1.54) is 0 Å². The first-order valence-electron chi connectivity index (χ1n) is 7.02. The quantitative estimate of drug-likeness (QED) is 0.867. The maximum atomic E-state index is 12.6. The van der Waals surface area contributed by atoms with E-state index in [2.05, 4.69) is 15.5 Å². The van der Waals surface area contributed by atoms with Crippen molar-refractivity contribution in [2.45, 2.75) is 19.5 Å². The van der Waals surface area contributed by atoms with Crippen LogP contribution in [0, 0.1) is 0 Å². The van der Waals surface area contributed by atoms with Gasteiger partial charge in [0.25, 0.3) is 5.91 Å². The average molecular weight is 376 g/mol. The third-order valence-electron chi connectivity index (χ3n) is 3.76. The number of aromatic amines is 1. The minimum Gasteiger partial charge on any atom is -0.336 e. The van der Waals surface area contributed by atoms with Crippen molar-refractivity contribution in [2.75, 3.05) is 13.6 Å². The van der Waals surface area contributed by atoms with E-state index < -0.39 is 0 Å². The van der Waals surface area contributed by atoms with Crippen LogP contribution in [0.4, 0.5) is 0 Å². The van der Waals surface area contributed by atoms with Gasteiger partial charge in [0.1, 0.15) is 0 Å². The lowest BCUT2D eigenvalue weighted by Crippen LogP contribution is -2.30. The predicted octanol–water partition coefficient (Wildman–Crippen LogP) is 3.06. The van der Waals surface area contributed by atoms with Crippen molar-refractivity contribution in [1.82, 2.24) is 20.4 Å². The fourth-order valence-electron chi connectivity index (χ4n) is 2.57. The number of fused-ring (bicyclic) bond motifs is 1. The molecule has 124 valence electrons. The van der Waals surface area contributed by atoms with Crippen LogP contribution in [0.2, 0.25) is 10.0 Å². The summed E-state index contributed by atoms with van der Waals surface area (Å²) < 4.78 is 0. The molecule has 1 aliphatic heterocycles. The van der Waals surface area contributed by atoms with Crippen molar-refractivity contribution in [3.05, 3.63) is 50.8 Å². The van der Waals surface area contributed by atoms with Gasteiger partial charge < -0.3 is 10.2 Å². The van der Waals surface area contributed by atoms with Gasteiger partial charge in [-0.2, -0.15) is 5.10 Å². The van der Waals surface area contributed by atoms with E-state index in [9.17, 15) is 4.79 Å². The van der Waals surface area contributed by atoms with Crippen molar-refractivity contribution >= 4 is 41.5 Å². The maximum absolute atomic E-state index is 12.6. The summed E-state index contributed by atoms with van der Waals surface area (Å²) >= 11 is 11.9. The van der Waals surface area contributed by atoms with E-state index in [1.54, 1.807) is 24.1 Å². The number of benzene rings is 1. The van der Waals surface area contributed by atoms with Gasteiger partial charge >= 0.3 is 0 Å². The predicted molar refractivity (Wildman–Crippen MR) is 93.5 cm³/mol. The maximum Gasteiger partial charge on any atom is 0.274 e. The second-order valence-corrected chi connectivity index (χ2v) is 6.18. The molecule has 0 radical (unpaired) electrons.